The molecule has 0 spiro atoms. The molecule has 0 aromatic carbocycles. The van der Waals surface area contributed by atoms with Crippen LogP contribution in [-0.4, -0.2) is 52.7 Å². The van der Waals surface area contributed by atoms with Gasteiger partial charge in [0.2, 0.25) is 0 Å². The molecule has 0 amide bonds. The lowest BCUT2D eigenvalue weighted by molar-refractivity contribution is -0.0159. The van der Waals surface area contributed by atoms with E-state index in [9.17, 15) is 0 Å². The number of hydrogen-bond donors (Lipinski definition) is 0. The fourth-order valence-corrected chi connectivity index (χ4v) is 3.04. The van der Waals surface area contributed by atoms with E-state index in [0.717, 1.165) is 44.4 Å². The topological polar surface area (TPSA) is 54.4 Å². The number of pyridine rings is 1. The van der Waals surface area contributed by atoms with Crippen molar-refractivity contribution in [2.24, 2.45) is 0 Å². The maximum Gasteiger partial charge on any atom is 0.150 e. The minimum absolute atomic E-state index is 0.0782. The summed E-state index contributed by atoms with van der Waals surface area (Å²) < 4.78 is 5.71. The third-order valence-corrected chi connectivity index (χ3v) is 4.39. The largest absolute Gasteiger partial charge is 0.378 e. The summed E-state index contributed by atoms with van der Waals surface area (Å²) in [6.45, 7) is 9.24. The van der Waals surface area contributed by atoms with Crippen LogP contribution in [-0.2, 0) is 11.3 Å². The Morgan fingerprint density at radius 1 is 1.25 bits per heavy atom. The highest BCUT2D eigenvalue weighted by Gasteiger charge is 2.27. The lowest BCUT2D eigenvalue weighted by Gasteiger charge is -2.34. The van der Waals surface area contributed by atoms with Crippen molar-refractivity contribution in [2.75, 3.05) is 37.7 Å². The Balaban J connectivity index is 1.81. The summed E-state index contributed by atoms with van der Waals surface area (Å²) in [5, 5.41) is 0. The quantitative estimate of drug-likeness (QED) is 0.811. The van der Waals surface area contributed by atoms with E-state index in [4.69, 9.17) is 9.72 Å². The van der Waals surface area contributed by atoms with Crippen molar-refractivity contribution in [3.05, 3.63) is 48.2 Å². The van der Waals surface area contributed by atoms with Gasteiger partial charge in [-0.3, -0.25) is 9.88 Å². The molecule has 24 heavy (non-hydrogen) atoms. The molecule has 0 aliphatic carbocycles. The fraction of sp³-hybridized carbons (Fsp3) is 0.500. The summed E-state index contributed by atoms with van der Waals surface area (Å²) in [5.74, 6) is 1.82. The molecule has 128 valence electrons. The second kappa shape index (κ2) is 8.17. The Morgan fingerprint density at radius 3 is 2.88 bits per heavy atom. The summed E-state index contributed by atoms with van der Waals surface area (Å²) in [7, 11) is 0. The molecule has 2 aromatic heterocycles. The minimum Gasteiger partial charge on any atom is -0.378 e. The SMILES string of the molecule is CCN(CC)c1ccnc([C@H]2COCCN2Cc2cccnc2)n1. The molecule has 0 unspecified atom stereocenters. The van der Waals surface area contributed by atoms with E-state index in [0.29, 0.717) is 6.61 Å². The number of aromatic nitrogens is 3. The predicted octanol–water partition coefficient (Wildman–Crippen LogP) is 2.29. The van der Waals surface area contributed by atoms with Gasteiger partial charge in [0, 0.05) is 44.8 Å². The summed E-state index contributed by atoms with van der Waals surface area (Å²) >= 11 is 0. The first kappa shape index (κ1) is 16.8. The van der Waals surface area contributed by atoms with Crippen LogP contribution in [0.15, 0.2) is 36.8 Å². The van der Waals surface area contributed by atoms with Crippen LogP contribution >= 0.6 is 0 Å². The molecule has 3 heterocycles. The van der Waals surface area contributed by atoms with E-state index in [2.05, 4.69) is 39.7 Å². The normalized spacial score (nSPS) is 18.5. The first-order chi connectivity index (χ1) is 11.8. The molecule has 1 saturated heterocycles. The molecule has 2 aromatic rings. The highest BCUT2D eigenvalue weighted by molar-refractivity contribution is 5.37. The Morgan fingerprint density at radius 2 is 2.12 bits per heavy atom. The molecule has 0 bridgehead atoms. The van der Waals surface area contributed by atoms with Gasteiger partial charge in [0.25, 0.3) is 0 Å². The number of rotatable bonds is 6. The van der Waals surface area contributed by atoms with Gasteiger partial charge >= 0.3 is 0 Å². The monoisotopic (exact) mass is 327 g/mol. The van der Waals surface area contributed by atoms with E-state index in [-0.39, 0.29) is 6.04 Å². The molecular formula is C18H25N5O. The number of morpholine rings is 1. The van der Waals surface area contributed by atoms with E-state index in [1.54, 1.807) is 6.20 Å². The third-order valence-electron chi connectivity index (χ3n) is 4.39. The number of anilines is 1. The Hall–Kier alpha value is -2.05. The van der Waals surface area contributed by atoms with Crippen molar-refractivity contribution in [1.29, 1.82) is 0 Å². The van der Waals surface area contributed by atoms with E-state index < -0.39 is 0 Å². The van der Waals surface area contributed by atoms with Crippen molar-refractivity contribution < 1.29 is 4.74 Å². The molecule has 3 rings (SSSR count). The summed E-state index contributed by atoms with van der Waals surface area (Å²) in [5.41, 5.74) is 1.20. The molecular weight excluding hydrogens is 302 g/mol. The molecule has 1 aliphatic heterocycles. The van der Waals surface area contributed by atoms with Crippen molar-refractivity contribution in [3.8, 4) is 0 Å². The van der Waals surface area contributed by atoms with Gasteiger partial charge in [0.05, 0.1) is 19.3 Å². The number of nitrogens with zero attached hydrogens (tertiary/aromatic N) is 5. The number of hydrogen-bond acceptors (Lipinski definition) is 6. The van der Waals surface area contributed by atoms with Crippen LogP contribution in [0.4, 0.5) is 5.82 Å². The summed E-state index contributed by atoms with van der Waals surface area (Å²) in [4.78, 5) is 18.2. The van der Waals surface area contributed by atoms with Crippen LogP contribution in [0.1, 0.15) is 31.3 Å². The summed E-state index contributed by atoms with van der Waals surface area (Å²) in [6, 6.07) is 6.13. The van der Waals surface area contributed by atoms with Crippen LogP contribution in [0, 0.1) is 0 Å². The van der Waals surface area contributed by atoms with Gasteiger partial charge in [-0.25, -0.2) is 9.97 Å². The van der Waals surface area contributed by atoms with Crippen molar-refractivity contribution >= 4 is 5.82 Å². The van der Waals surface area contributed by atoms with Gasteiger partial charge in [-0.15, -0.1) is 0 Å². The molecule has 6 heteroatoms. The molecule has 1 aliphatic rings. The van der Waals surface area contributed by atoms with Gasteiger partial charge in [-0.1, -0.05) is 6.07 Å². The van der Waals surface area contributed by atoms with Crippen molar-refractivity contribution in [3.63, 3.8) is 0 Å². The maximum absolute atomic E-state index is 5.71. The van der Waals surface area contributed by atoms with E-state index >= 15 is 0 Å². The molecule has 1 atom stereocenters. The second-order valence-corrected chi connectivity index (χ2v) is 5.87. The smallest absolute Gasteiger partial charge is 0.150 e. The zero-order valence-corrected chi connectivity index (χ0v) is 14.4. The van der Waals surface area contributed by atoms with Crippen molar-refractivity contribution in [2.45, 2.75) is 26.4 Å². The average Bonchev–Trinajstić information content (AvgIpc) is 2.64. The molecule has 0 N–H and O–H groups in total. The summed E-state index contributed by atoms with van der Waals surface area (Å²) in [6.07, 6.45) is 5.57. The second-order valence-electron chi connectivity index (χ2n) is 5.87. The average molecular weight is 327 g/mol. The standard InChI is InChI=1S/C18H25N5O/c1-3-22(4-2)17-7-9-20-18(21-17)16-14-24-11-10-23(16)13-15-6-5-8-19-12-15/h5-9,12,16H,3-4,10-11,13-14H2,1-2H3/t16-/m1/s1. The maximum atomic E-state index is 5.71. The van der Waals surface area contributed by atoms with Gasteiger partial charge in [-0.2, -0.15) is 0 Å². The third kappa shape index (κ3) is 3.88. The Kier molecular flexibility index (Phi) is 5.72. The van der Waals surface area contributed by atoms with E-state index in [1.807, 2.05) is 24.5 Å². The highest BCUT2D eigenvalue weighted by atomic mass is 16.5. The molecule has 6 nitrogen and oxygen atoms in total. The lowest BCUT2D eigenvalue weighted by atomic mass is 10.1. The van der Waals surface area contributed by atoms with Gasteiger partial charge in [0.15, 0.2) is 0 Å². The molecule has 0 radical (unpaired) electrons. The van der Waals surface area contributed by atoms with Crippen LogP contribution in [0.2, 0.25) is 0 Å². The Bertz CT molecular complexity index is 632. The molecule has 1 fully saturated rings. The fourth-order valence-electron chi connectivity index (χ4n) is 3.04. The van der Waals surface area contributed by atoms with Crippen molar-refractivity contribution in [1.82, 2.24) is 19.9 Å². The van der Waals surface area contributed by atoms with Gasteiger partial charge < -0.3 is 9.64 Å². The molecule has 0 saturated carbocycles. The number of ether oxygens (including phenoxy) is 1. The first-order valence-electron chi connectivity index (χ1n) is 8.60. The van der Waals surface area contributed by atoms with Crippen LogP contribution in [0.3, 0.4) is 0 Å². The van der Waals surface area contributed by atoms with Gasteiger partial charge in [0.1, 0.15) is 11.6 Å². The van der Waals surface area contributed by atoms with Crippen LogP contribution in [0.5, 0.6) is 0 Å². The van der Waals surface area contributed by atoms with Crippen LogP contribution < -0.4 is 4.90 Å². The zero-order valence-electron chi connectivity index (χ0n) is 14.4. The predicted molar refractivity (Wildman–Crippen MR) is 93.8 cm³/mol. The van der Waals surface area contributed by atoms with Crippen LogP contribution in [0.25, 0.3) is 0 Å². The first-order valence-corrected chi connectivity index (χ1v) is 8.60. The highest BCUT2D eigenvalue weighted by Crippen LogP contribution is 2.24. The van der Waals surface area contributed by atoms with E-state index in [1.165, 1.54) is 5.56 Å². The minimum atomic E-state index is 0.0782. The Labute approximate surface area is 143 Å². The van der Waals surface area contributed by atoms with Gasteiger partial charge in [-0.05, 0) is 31.5 Å². The zero-order chi connectivity index (χ0) is 16.8. The lowest BCUT2D eigenvalue weighted by Crippen LogP contribution is -2.40.